The van der Waals surface area contributed by atoms with Crippen LogP contribution in [0.25, 0.3) is 0 Å². The molecule has 104 valence electrons. The van der Waals surface area contributed by atoms with E-state index in [1.807, 2.05) is 0 Å². The topological polar surface area (TPSA) is 87.7 Å². The number of ether oxygens (including phenoxy) is 1. The maximum atomic E-state index is 11.3. The van der Waals surface area contributed by atoms with Crippen LogP contribution in [0.15, 0.2) is 0 Å². The van der Waals surface area contributed by atoms with Crippen LogP contribution in [0, 0.1) is 5.92 Å². The summed E-state index contributed by atoms with van der Waals surface area (Å²) in [7, 11) is 0. The van der Waals surface area contributed by atoms with Crippen molar-refractivity contribution in [3.05, 3.63) is 0 Å². The van der Waals surface area contributed by atoms with E-state index in [9.17, 15) is 9.59 Å². The summed E-state index contributed by atoms with van der Waals surface area (Å²) in [6.45, 7) is 3.66. The number of urea groups is 1. The van der Waals surface area contributed by atoms with Gasteiger partial charge in [0.1, 0.15) is 6.04 Å². The summed E-state index contributed by atoms with van der Waals surface area (Å²) < 4.78 is 5.41. The van der Waals surface area contributed by atoms with Gasteiger partial charge in [-0.15, -0.1) is 0 Å². The van der Waals surface area contributed by atoms with Gasteiger partial charge < -0.3 is 20.5 Å². The normalized spacial score (nSPS) is 16.1. The van der Waals surface area contributed by atoms with Crippen molar-refractivity contribution in [1.82, 2.24) is 10.6 Å². The lowest BCUT2D eigenvalue weighted by Crippen LogP contribution is -2.45. The Morgan fingerprint density at radius 3 is 2.72 bits per heavy atom. The van der Waals surface area contributed by atoms with Crippen LogP contribution in [-0.4, -0.2) is 42.9 Å². The average Bonchev–Trinajstić information content (AvgIpc) is 3.14. The minimum atomic E-state index is -1.01. The molecule has 0 aromatic heterocycles. The number of hydrogen-bond acceptors (Lipinski definition) is 3. The number of nitrogens with one attached hydrogen (secondary N) is 2. The zero-order valence-corrected chi connectivity index (χ0v) is 10.8. The molecular formula is C12H22N2O4. The van der Waals surface area contributed by atoms with E-state index in [1.54, 1.807) is 6.92 Å². The van der Waals surface area contributed by atoms with Crippen LogP contribution >= 0.6 is 0 Å². The molecule has 2 amide bonds. The molecule has 1 atom stereocenters. The predicted octanol–water partition coefficient (Wildman–Crippen LogP) is 0.965. The monoisotopic (exact) mass is 258 g/mol. The van der Waals surface area contributed by atoms with Gasteiger partial charge in [-0.2, -0.15) is 0 Å². The zero-order valence-electron chi connectivity index (χ0n) is 10.8. The van der Waals surface area contributed by atoms with Gasteiger partial charge in [-0.3, -0.25) is 0 Å². The van der Waals surface area contributed by atoms with Gasteiger partial charge in [-0.1, -0.05) is 6.92 Å². The van der Waals surface area contributed by atoms with E-state index in [0.29, 0.717) is 19.6 Å². The molecule has 0 bridgehead atoms. The molecule has 0 aromatic rings. The third-order valence-electron chi connectivity index (χ3n) is 2.81. The first-order chi connectivity index (χ1) is 8.63. The number of hydrogen-bond donors (Lipinski definition) is 3. The molecule has 0 heterocycles. The molecule has 1 aliphatic rings. The van der Waals surface area contributed by atoms with Crippen LogP contribution in [-0.2, 0) is 9.53 Å². The SMILES string of the molecule is CC[C@@H](NC(=O)NCCCOCC1CC1)C(=O)O. The van der Waals surface area contributed by atoms with Gasteiger partial charge in [0.2, 0.25) is 0 Å². The second-order valence-electron chi connectivity index (χ2n) is 4.57. The molecule has 6 heteroatoms. The fraction of sp³-hybridized carbons (Fsp3) is 0.833. The molecule has 1 saturated carbocycles. The average molecular weight is 258 g/mol. The van der Waals surface area contributed by atoms with Gasteiger partial charge in [-0.05, 0) is 31.6 Å². The molecule has 0 saturated heterocycles. The number of carbonyl (C=O) groups is 2. The molecule has 3 N–H and O–H groups in total. The smallest absolute Gasteiger partial charge is 0.326 e. The van der Waals surface area contributed by atoms with Crippen molar-refractivity contribution in [2.24, 2.45) is 5.92 Å². The second kappa shape index (κ2) is 7.92. The summed E-state index contributed by atoms with van der Waals surface area (Å²) in [6, 6.07) is -1.26. The standard InChI is InChI=1S/C12H22N2O4/c1-2-10(11(15)16)14-12(17)13-6-3-7-18-8-9-4-5-9/h9-10H,2-8H2,1H3,(H,15,16)(H2,13,14,17)/t10-/m1/s1. The Kier molecular flexibility index (Phi) is 6.49. The fourth-order valence-electron chi connectivity index (χ4n) is 1.46. The summed E-state index contributed by atoms with van der Waals surface area (Å²) in [5.41, 5.74) is 0. The van der Waals surface area contributed by atoms with Crippen molar-refractivity contribution in [3.63, 3.8) is 0 Å². The van der Waals surface area contributed by atoms with Gasteiger partial charge in [0, 0.05) is 19.8 Å². The Bertz CT molecular complexity index is 279. The number of carbonyl (C=O) groups excluding carboxylic acids is 1. The molecule has 18 heavy (non-hydrogen) atoms. The highest BCUT2D eigenvalue weighted by atomic mass is 16.5. The summed E-state index contributed by atoms with van der Waals surface area (Å²) in [5, 5.41) is 13.8. The lowest BCUT2D eigenvalue weighted by Gasteiger charge is -2.13. The van der Waals surface area contributed by atoms with Crippen molar-refractivity contribution in [3.8, 4) is 0 Å². The van der Waals surface area contributed by atoms with Crippen LogP contribution in [0.3, 0.4) is 0 Å². The Morgan fingerprint density at radius 1 is 1.44 bits per heavy atom. The lowest BCUT2D eigenvalue weighted by molar-refractivity contribution is -0.139. The highest BCUT2D eigenvalue weighted by molar-refractivity contribution is 5.82. The van der Waals surface area contributed by atoms with Crippen molar-refractivity contribution < 1.29 is 19.4 Å². The van der Waals surface area contributed by atoms with Crippen molar-refractivity contribution in [2.45, 2.75) is 38.6 Å². The number of rotatable bonds is 9. The van der Waals surface area contributed by atoms with Crippen molar-refractivity contribution in [2.75, 3.05) is 19.8 Å². The van der Waals surface area contributed by atoms with Crippen LogP contribution in [0.5, 0.6) is 0 Å². The second-order valence-corrected chi connectivity index (χ2v) is 4.57. The highest BCUT2D eigenvalue weighted by Gasteiger charge is 2.21. The molecule has 1 rings (SSSR count). The van der Waals surface area contributed by atoms with Crippen LogP contribution in [0.2, 0.25) is 0 Å². The number of amides is 2. The van der Waals surface area contributed by atoms with Crippen LogP contribution in [0.4, 0.5) is 4.79 Å². The fourth-order valence-corrected chi connectivity index (χ4v) is 1.46. The number of carboxylic acid groups (broad SMARTS) is 1. The largest absolute Gasteiger partial charge is 0.480 e. The minimum Gasteiger partial charge on any atom is -0.480 e. The molecule has 1 aliphatic carbocycles. The Labute approximate surface area is 107 Å². The van der Waals surface area contributed by atoms with Gasteiger partial charge in [0.25, 0.3) is 0 Å². The van der Waals surface area contributed by atoms with E-state index in [1.165, 1.54) is 12.8 Å². The third-order valence-corrected chi connectivity index (χ3v) is 2.81. The maximum Gasteiger partial charge on any atom is 0.326 e. The Hall–Kier alpha value is -1.30. The summed E-state index contributed by atoms with van der Waals surface area (Å²) in [5.74, 6) is -0.262. The van der Waals surface area contributed by atoms with Gasteiger partial charge in [0.05, 0.1) is 0 Å². The highest BCUT2D eigenvalue weighted by Crippen LogP contribution is 2.28. The van der Waals surface area contributed by atoms with E-state index >= 15 is 0 Å². The first-order valence-electron chi connectivity index (χ1n) is 6.48. The first kappa shape index (κ1) is 14.8. The van der Waals surface area contributed by atoms with E-state index in [4.69, 9.17) is 9.84 Å². The predicted molar refractivity (Wildman–Crippen MR) is 66.4 cm³/mol. The Balaban J connectivity index is 1.96. The van der Waals surface area contributed by atoms with E-state index in [-0.39, 0.29) is 0 Å². The lowest BCUT2D eigenvalue weighted by atomic mass is 10.2. The zero-order chi connectivity index (χ0) is 13.4. The van der Waals surface area contributed by atoms with E-state index in [2.05, 4.69) is 10.6 Å². The molecule has 6 nitrogen and oxygen atoms in total. The van der Waals surface area contributed by atoms with Crippen LogP contribution in [0.1, 0.15) is 32.6 Å². The first-order valence-corrected chi connectivity index (χ1v) is 6.48. The van der Waals surface area contributed by atoms with E-state index < -0.39 is 18.0 Å². The molecular weight excluding hydrogens is 236 g/mol. The van der Waals surface area contributed by atoms with Crippen molar-refractivity contribution >= 4 is 12.0 Å². The van der Waals surface area contributed by atoms with E-state index in [0.717, 1.165) is 18.9 Å². The van der Waals surface area contributed by atoms with Crippen LogP contribution < -0.4 is 10.6 Å². The van der Waals surface area contributed by atoms with Crippen molar-refractivity contribution in [1.29, 1.82) is 0 Å². The molecule has 0 aliphatic heterocycles. The molecule has 0 unspecified atom stereocenters. The summed E-state index contributed by atoms with van der Waals surface area (Å²) >= 11 is 0. The maximum absolute atomic E-state index is 11.3. The van der Waals surface area contributed by atoms with Gasteiger partial charge >= 0.3 is 12.0 Å². The number of aliphatic carboxylic acids is 1. The molecule has 0 radical (unpaired) electrons. The van der Waals surface area contributed by atoms with Gasteiger partial charge in [0.15, 0.2) is 0 Å². The molecule has 0 aromatic carbocycles. The molecule has 1 fully saturated rings. The third kappa shape index (κ3) is 6.44. The number of carboxylic acids is 1. The summed E-state index contributed by atoms with van der Waals surface area (Å²) in [4.78, 5) is 22.0. The van der Waals surface area contributed by atoms with Gasteiger partial charge in [-0.25, -0.2) is 9.59 Å². The quantitative estimate of drug-likeness (QED) is 0.538. The molecule has 0 spiro atoms. The minimum absolute atomic E-state index is 0.368. The summed E-state index contributed by atoms with van der Waals surface area (Å²) in [6.07, 6.45) is 3.65. The Morgan fingerprint density at radius 2 is 2.17 bits per heavy atom.